The van der Waals surface area contributed by atoms with E-state index in [1.54, 1.807) is 116 Å². The topological polar surface area (TPSA) is 479 Å². The number of H-pyrrole nitrogens is 4. The molecular formula is C81H75F7N32O. The molecule has 0 spiro atoms. The highest BCUT2D eigenvalue weighted by Crippen LogP contribution is 2.31. The van der Waals surface area contributed by atoms with Crippen LogP contribution in [-0.2, 0) is 0 Å². The number of ether oxygens (including phenoxy) is 1. The van der Waals surface area contributed by atoms with Crippen LogP contribution >= 0.6 is 0 Å². The number of rotatable bonds is 25. The molecule has 4 unspecified atom stereocenters. The minimum absolute atomic E-state index is 0.00571. The number of benzene rings is 8. The summed E-state index contributed by atoms with van der Waals surface area (Å²) in [5.41, 5.74) is 32.1. The van der Waals surface area contributed by atoms with Crippen LogP contribution in [0, 0.1) is 40.7 Å². The molecule has 0 bridgehead atoms. The van der Waals surface area contributed by atoms with Gasteiger partial charge in [-0.3, -0.25) is 20.4 Å². The lowest BCUT2D eigenvalue weighted by molar-refractivity contribution is 0.415. The van der Waals surface area contributed by atoms with Crippen LogP contribution < -0.4 is 70.2 Å². The number of nitrogens with zero attached hydrogens (tertiary/aromatic N) is 16. The Kier molecular flexibility index (Phi) is 26.1. The normalized spacial score (nSPS) is 11.8. The molecule has 0 amide bonds. The molecule has 0 radical (unpaired) electrons. The molecule has 4 atom stereocenters. The molecule has 8 aromatic heterocycles. The summed E-state index contributed by atoms with van der Waals surface area (Å²) in [6, 6.07) is 56.9. The van der Waals surface area contributed by atoms with Crippen molar-refractivity contribution in [2.24, 2.45) is 0 Å². The van der Waals surface area contributed by atoms with E-state index in [2.05, 4.69) is 143 Å². The zero-order valence-electron chi connectivity index (χ0n) is 64.6. The molecule has 33 nitrogen and oxygen atoms in total. The maximum absolute atomic E-state index is 14.0. The van der Waals surface area contributed by atoms with Crippen molar-refractivity contribution in [3.05, 3.63) is 281 Å². The average Bonchev–Trinajstić information content (AvgIpc) is 1.77. The molecule has 16 rings (SSSR count). The average molecular weight is 1650 g/mol. The number of hydrogen-bond donors (Lipinski definition) is 16. The van der Waals surface area contributed by atoms with Gasteiger partial charge in [0.05, 0.1) is 54.1 Å². The Morgan fingerprint density at radius 1 is 0.281 bits per heavy atom. The molecule has 20 N–H and O–H groups in total. The number of nitrogen functional groups attached to an aromatic ring is 4. The van der Waals surface area contributed by atoms with Crippen molar-refractivity contribution in [1.29, 1.82) is 0 Å². The predicted octanol–water partition coefficient (Wildman–Crippen LogP) is 16.0. The monoisotopic (exact) mass is 1640 g/mol. The Bertz CT molecular complexity index is 6110. The Balaban J connectivity index is 0.000000139. The standard InChI is InChI=1S/C21H21FN8O.3C20H18F2N8/c1-12(13-3-7-15(22)8-4-13)24-20-26-19(23)27-21(28-20)25-18-11-17(29-30-18)14-5-9-16(31-2)10-6-14;1-11(12-2-6-14(21)7-3-12)24-19-26-18(23)27-20(28-19)25-17-10-16(29-30-17)13-4-8-15(22)9-5-13;1-11(12-5-7-14(21)8-6-12)24-19-26-18(23)27-20(28-19)25-17-10-16(29-30-17)13-3-2-4-15(22)9-13;1-11(12-6-8-13(21)9-7-12)24-19-26-18(23)27-20(28-19)25-17-10-16(29-30-17)14-4-2-3-5-15(14)22/h3-12H,1-2H3,(H5,23,24,25,26,27,28,29,30);3*2-11H,1H3,(H5,23,24,25,26,27,28,29,30). The summed E-state index contributed by atoms with van der Waals surface area (Å²) in [5, 5.41) is 52.4. The van der Waals surface area contributed by atoms with Crippen LogP contribution in [-0.4, -0.2) is 108 Å². The number of halogens is 7. The highest BCUT2D eigenvalue weighted by molar-refractivity contribution is 5.69. The van der Waals surface area contributed by atoms with Crippen LogP contribution in [0.4, 0.5) is 125 Å². The number of methoxy groups -OCH3 is 1. The van der Waals surface area contributed by atoms with Gasteiger partial charge in [0.15, 0.2) is 23.3 Å². The summed E-state index contributed by atoms with van der Waals surface area (Å²) in [5.74, 6) is 2.29. The first-order valence-electron chi connectivity index (χ1n) is 36.8. The molecule has 0 saturated heterocycles. The van der Waals surface area contributed by atoms with E-state index < -0.39 is 0 Å². The fourth-order valence-electron chi connectivity index (χ4n) is 11.5. The minimum Gasteiger partial charge on any atom is -0.497 e. The maximum atomic E-state index is 14.0. The first kappa shape index (κ1) is 82.5. The van der Waals surface area contributed by atoms with Gasteiger partial charge in [-0.25, -0.2) is 30.7 Å². The summed E-state index contributed by atoms with van der Waals surface area (Å²) in [4.78, 5) is 49.9. The fraction of sp³-hybridized carbons (Fsp3) is 0.111. The highest BCUT2D eigenvalue weighted by atomic mass is 19.2. The van der Waals surface area contributed by atoms with Gasteiger partial charge in [-0.15, -0.1) is 0 Å². The van der Waals surface area contributed by atoms with E-state index in [1.807, 2.05) is 58.0 Å². The quantitative estimate of drug-likeness (QED) is 0.0236. The smallest absolute Gasteiger partial charge is 0.235 e. The summed E-state index contributed by atoms with van der Waals surface area (Å²) < 4.78 is 98.1. The zero-order chi connectivity index (χ0) is 85.1. The number of hydrogen-bond acceptors (Lipinski definition) is 29. The first-order valence-corrected chi connectivity index (χ1v) is 36.8. The summed E-state index contributed by atoms with van der Waals surface area (Å²) in [6.07, 6.45) is 0. The van der Waals surface area contributed by atoms with Crippen molar-refractivity contribution < 1.29 is 35.5 Å². The molecule has 16 aromatic rings. The van der Waals surface area contributed by atoms with Crippen LogP contribution in [0.3, 0.4) is 0 Å². The second-order valence-electron chi connectivity index (χ2n) is 26.4. The van der Waals surface area contributed by atoms with Gasteiger partial charge in [-0.1, -0.05) is 72.8 Å². The number of nitrogens with one attached hydrogen (secondary N) is 12. The lowest BCUT2D eigenvalue weighted by Crippen LogP contribution is -2.12. The molecule has 8 aromatic carbocycles. The van der Waals surface area contributed by atoms with E-state index in [0.29, 0.717) is 51.5 Å². The van der Waals surface area contributed by atoms with Crippen LogP contribution in [0.2, 0.25) is 0 Å². The lowest BCUT2D eigenvalue weighted by atomic mass is 10.1. The van der Waals surface area contributed by atoms with Crippen LogP contribution in [0.25, 0.3) is 45.0 Å². The first-order chi connectivity index (χ1) is 58.4. The molecule has 8 heterocycles. The van der Waals surface area contributed by atoms with Gasteiger partial charge >= 0.3 is 0 Å². The summed E-state index contributed by atoms with van der Waals surface area (Å²) >= 11 is 0. The third-order valence-corrected chi connectivity index (χ3v) is 17.6. The van der Waals surface area contributed by atoms with Gasteiger partial charge in [0.2, 0.25) is 71.4 Å². The molecule has 40 heteroatoms. The Labute approximate surface area is 684 Å². The fourth-order valence-corrected chi connectivity index (χ4v) is 11.5. The molecule has 0 aliphatic heterocycles. The number of aromatic amines is 4. The summed E-state index contributed by atoms with van der Waals surface area (Å²) in [7, 11) is 1.62. The van der Waals surface area contributed by atoms with E-state index in [4.69, 9.17) is 27.7 Å². The van der Waals surface area contributed by atoms with Crippen LogP contribution in [0.1, 0.15) is 74.1 Å². The van der Waals surface area contributed by atoms with E-state index >= 15 is 0 Å². The second kappa shape index (κ2) is 38.3. The van der Waals surface area contributed by atoms with Crippen LogP contribution in [0.15, 0.2) is 218 Å². The van der Waals surface area contributed by atoms with E-state index in [0.717, 1.165) is 44.8 Å². The third-order valence-electron chi connectivity index (χ3n) is 17.6. The second-order valence-corrected chi connectivity index (χ2v) is 26.4. The van der Waals surface area contributed by atoms with Gasteiger partial charge in [-0.2, -0.15) is 80.2 Å². The SMILES string of the molecule is CC(Nc1nc(N)nc(Nc2cc(-c3ccc(F)cc3)[nH]n2)n1)c1ccc(F)cc1.CC(Nc1nc(N)nc(Nc2cc(-c3cccc(F)c3)[nH]n2)n1)c1ccc(F)cc1.CC(Nc1nc(N)nc(Nc2cc(-c3ccccc3F)[nH]n2)n1)c1ccc(F)cc1.COc1ccc(-c2cc(Nc3nc(N)nc(NC(C)c4ccc(F)cc4)n3)n[nH]2)cc1. The van der Waals surface area contributed by atoms with Crippen LogP contribution in [0.5, 0.6) is 5.75 Å². The van der Waals surface area contributed by atoms with Crippen molar-refractivity contribution in [3.63, 3.8) is 0 Å². The molecule has 0 aliphatic carbocycles. The number of nitrogens with two attached hydrogens (primary N) is 4. The van der Waals surface area contributed by atoms with E-state index in [9.17, 15) is 30.7 Å². The maximum Gasteiger partial charge on any atom is 0.235 e. The number of aromatic nitrogens is 20. The molecule has 0 fully saturated rings. The Hall–Kier alpha value is -16.5. The van der Waals surface area contributed by atoms with Gasteiger partial charge in [0.25, 0.3) is 0 Å². The Morgan fingerprint density at radius 3 is 0.876 bits per heavy atom. The number of anilines is 16. The molecule has 0 saturated carbocycles. The zero-order valence-corrected chi connectivity index (χ0v) is 64.6. The summed E-state index contributed by atoms with van der Waals surface area (Å²) in [6.45, 7) is 7.58. The molecular weight excluding hydrogens is 1570 g/mol. The van der Waals surface area contributed by atoms with E-state index in [-0.39, 0.29) is 136 Å². The predicted molar refractivity (Wildman–Crippen MR) is 446 cm³/mol. The molecule has 614 valence electrons. The van der Waals surface area contributed by atoms with Gasteiger partial charge in [0, 0.05) is 35.4 Å². The van der Waals surface area contributed by atoms with E-state index in [1.165, 1.54) is 78.9 Å². The van der Waals surface area contributed by atoms with Gasteiger partial charge < -0.3 is 70.2 Å². The molecule has 121 heavy (non-hydrogen) atoms. The van der Waals surface area contributed by atoms with Crippen molar-refractivity contribution in [1.82, 2.24) is 101 Å². The van der Waals surface area contributed by atoms with Gasteiger partial charge in [0.1, 0.15) is 46.5 Å². The highest BCUT2D eigenvalue weighted by Gasteiger charge is 2.19. The van der Waals surface area contributed by atoms with Crippen molar-refractivity contribution in [3.8, 4) is 50.8 Å². The Morgan fingerprint density at radius 2 is 0.562 bits per heavy atom. The molecule has 0 aliphatic rings. The third kappa shape index (κ3) is 23.2. The van der Waals surface area contributed by atoms with Crippen molar-refractivity contribution >= 4 is 94.7 Å². The minimum atomic E-state index is -0.363. The van der Waals surface area contributed by atoms with Crippen molar-refractivity contribution in [2.75, 3.05) is 72.6 Å². The largest absolute Gasteiger partial charge is 0.497 e. The lowest BCUT2D eigenvalue weighted by Gasteiger charge is -2.15. The van der Waals surface area contributed by atoms with Crippen molar-refractivity contribution in [2.45, 2.75) is 51.9 Å². The van der Waals surface area contributed by atoms with Gasteiger partial charge in [-0.05, 0) is 182 Å².